The molecule has 0 saturated carbocycles. The highest BCUT2D eigenvalue weighted by Gasteiger charge is 2.42. The van der Waals surface area contributed by atoms with Crippen LogP contribution in [0.1, 0.15) is 32.4 Å². The minimum atomic E-state index is -1.17. The average molecular weight is 306 g/mol. The summed E-state index contributed by atoms with van der Waals surface area (Å²) in [6.07, 6.45) is 0. The van der Waals surface area contributed by atoms with Crippen molar-refractivity contribution in [3.05, 3.63) is 35.9 Å². The van der Waals surface area contributed by atoms with Gasteiger partial charge in [-0.2, -0.15) is 0 Å². The molecule has 0 radical (unpaired) electrons. The van der Waals surface area contributed by atoms with Crippen molar-refractivity contribution < 1.29 is 19.1 Å². The number of amides is 2. The average Bonchev–Trinajstić information content (AvgIpc) is 2.45. The van der Waals surface area contributed by atoms with E-state index < -0.39 is 29.4 Å². The van der Waals surface area contributed by atoms with Crippen LogP contribution in [0.15, 0.2) is 30.3 Å². The maximum Gasteiger partial charge on any atom is 0.318 e. The molecule has 3 N–H and O–H groups in total. The molecule has 1 rings (SSSR count). The summed E-state index contributed by atoms with van der Waals surface area (Å²) in [5.74, 6) is -2.20. The molecule has 0 saturated heterocycles. The van der Waals surface area contributed by atoms with E-state index in [2.05, 4.69) is 5.32 Å². The third-order valence-electron chi connectivity index (χ3n) is 3.27. The number of ketones is 1. The van der Waals surface area contributed by atoms with Crippen LogP contribution >= 0.6 is 0 Å². The molecule has 0 spiro atoms. The smallest absolute Gasteiger partial charge is 0.318 e. The maximum atomic E-state index is 12.7. The number of urea groups is 1. The first kappa shape index (κ1) is 17.7. The van der Waals surface area contributed by atoms with Gasteiger partial charge in [-0.05, 0) is 5.56 Å². The zero-order chi connectivity index (χ0) is 16.9. The number of esters is 1. The number of carbonyl (C=O) groups is 3. The number of nitrogens with one attached hydrogen (secondary N) is 1. The zero-order valence-corrected chi connectivity index (χ0v) is 13.3. The SMILES string of the molecule is COC(=O)C(C(=O)C(C)(C)C)C(NC(N)=O)c1ccccc1. The molecule has 2 amide bonds. The fourth-order valence-electron chi connectivity index (χ4n) is 2.16. The van der Waals surface area contributed by atoms with Crippen LogP contribution in [0.25, 0.3) is 0 Å². The summed E-state index contributed by atoms with van der Waals surface area (Å²) in [4.78, 5) is 36.1. The third kappa shape index (κ3) is 4.31. The topological polar surface area (TPSA) is 98.5 Å². The predicted molar refractivity (Wildman–Crippen MR) is 81.9 cm³/mol. The van der Waals surface area contributed by atoms with Crippen molar-refractivity contribution in [3.63, 3.8) is 0 Å². The van der Waals surface area contributed by atoms with E-state index in [1.54, 1.807) is 51.1 Å². The van der Waals surface area contributed by atoms with E-state index in [9.17, 15) is 14.4 Å². The first-order chi connectivity index (χ1) is 10.2. The number of methoxy groups -OCH3 is 1. The molecule has 0 bridgehead atoms. The van der Waals surface area contributed by atoms with Gasteiger partial charge >= 0.3 is 12.0 Å². The molecule has 0 aromatic heterocycles. The summed E-state index contributed by atoms with van der Waals surface area (Å²) in [7, 11) is 1.21. The van der Waals surface area contributed by atoms with Crippen molar-refractivity contribution in [2.24, 2.45) is 17.1 Å². The number of hydrogen-bond donors (Lipinski definition) is 2. The fourth-order valence-corrected chi connectivity index (χ4v) is 2.16. The molecular formula is C16H22N2O4. The van der Waals surface area contributed by atoms with Gasteiger partial charge in [-0.25, -0.2) is 4.79 Å². The van der Waals surface area contributed by atoms with Crippen molar-refractivity contribution in [2.75, 3.05) is 7.11 Å². The second kappa shape index (κ2) is 7.06. The Bertz CT molecular complexity index is 549. The Kier molecular flexibility index (Phi) is 5.68. The van der Waals surface area contributed by atoms with Crippen LogP contribution in [0.3, 0.4) is 0 Å². The number of ether oxygens (including phenoxy) is 1. The van der Waals surface area contributed by atoms with Gasteiger partial charge in [-0.1, -0.05) is 51.1 Å². The molecule has 2 atom stereocenters. The number of primary amides is 1. The first-order valence-electron chi connectivity index (χ1n) is 6.91. The molecule has 2 unspecified atom stereocenters. The largest absolute Gasteiger partial charge is 0.468 e. The van der Waals surface area contributed by atoms with Crippen LogP contribution < -0.4 is 11.1 Å². The molecule has 0 aliphatic heterocycles. The molecule has 22 heavy (non-hydrogen) atoms. The van der Waals surface area contributed by atoms with Crippen LogP contribution in [-0.4, -0.2) is 24.9 Å². The van der Waals surface area contributed by atoms with E-state index in [1.807, 2.05) is 0 Å². The molecule has 1 aromatic carbocycles. The second-order valence-electron chi connectivity index (χ2n) is 6.01. The Morgan fingerprint density at radius 2 is 1.68 bits per heavy atom. The van der Waals surface area contributed by atoms with Gasteiger partial charge in [0.15, 0.2) is 5.78 Å². The van der Waals surface area contributed by atoms with Crippen molar-refractivity contribution >= 4 is 17.8 Å². The van der Waals surface area contributed by atoms with Gasteiger partial charge in [0, 0.05) is 5.41 Å². The quantitative estimate of drug-likeness (QED) is 0.640. The van der Waals surface area contributed by atoms with Gasteiger partial charge in [-0.3, -0.25) is 9.59 Å². The monoisotopic (exact) mass is 306 g/mol. The highest BCUT2D eigenvalue weighted by molar-refractivity contribution is 6.02. The second-order valence-corrected chi connectivity index (χ2v) is 6.01. The fraction of sp³-hybridized carbons (Fsp3) is 0.438. The summed E-state index contributed by atoms with van der Waals surface area (Å²) < 4.78 is 4.76. The van der Waals surface area contributed by atoms with Gasteiger partial charge in [-0.15, -0.1) is 0 Å². The Morgan fingerprint density at radius 1 is 1.14 bits per heavy atom. The van der Waals surface area contributed by atoms with Crippen molar-refractivity contribution in [3.8, 4) is 0 Å². The molecule has 0 heterocycles. The minimum Gasteiger partial charge on any atom is -0.468 e. The number of hydrogen-bond acceptors (Lipinski definition) is 4. The molecule has 0 aliphatic rings. The van der Waals surface area contributed by atoms with Crippen LogP contribution in [0.4, 0.5) is 4.79 Å². The van der Waals surface area contributed by atoms with Crippen LogP contribution in [0.2, 0.25) is 0 Å². The highest BCUT2D eigenvalue weighted by atomic mass is 16.5. The molecule has 6 nitrogen and oxygen atoms in total. The summed E-state index contributed by atoms with van der Waals surface area (Å²) in [6.45, 7) is 5.12. The molecule has 0 fully saturated rings. The molecule has 1 aromatic rings. The van der Waals surface area contributed by atoms with Crippen LogP contribution in [0, 0.1) is 11.3 Å². The molecular weight excluding hydrogens is 284 g/mol. The lowest BCUT2D eigenvalue weighted by Gasteiger charge is -2.29. The van der Waals surface area contributed by atoms with Crippen molar-refractivity contribution in [1.29, 1.82) is 0 Å². The molecule has 120 valence electrons. The van der Waals surface area contributed by atoms with Crippen molar-refractivity contribution in [1.82, 2.24) is 5.32 Å². The standard InChI is InChI=1S/C16H22N2O4/c1-16(2,3)13(19)11(14(20)22-4)12(18-15(17)21)10-8-6-5-7-9-10/h5-9,11-12H,1-4H3,(H3,17,18,21). The number of benzene rings is 1. The zero-order valence-electron chi connectivity index (χ0n) is 13.3. The van der Waals surface area contributed by atoms with Gasteiger partial charge in [0.05, 0.1) is 13.2 Å². The van der Waals surface area contributed by atoms with E-state index >= 15 is 0 Å². The lowest BCUT2D eigenvalue weighted by atomic mass is 9.78. The number of Topliss-reactive ketones (excluding diaryl/α,β-unsaturated/α-hetero) is 1. The van der Waals surface area contributed by atoms with Gasteiger partial charge in [0.1, 0.15) is 5.92 Å². The van der Waals surface area contributed by atoms with Crippen molar-refractivity contribution in [2.45, 2.75) is 26.8 Å². The van der Waals surface area contributed by atoms with E-state index in [0.29, 0.717) is 5.56 Å². The Morgan fingerprint density at radius 3 is 2.09 bits per heavy atom. The van der Waals surface area contributed by atoms with Gasteiger partial charge in [0.25, 0.3) is 0 Å². The summed E-state index contributed by atoms with van der Waals surface area (Å²) in [5.41, 5.74) is 5.04. The Labute approximate surface area is 130 Å². The minimum absolute atomic E-state index is 0.332. The normalized spacial score (nSPS) is 13.8. The lowest BCUT2D eigenvalue weighted by molar-refractivity contribution is -0.153. The van der Waals surface area contributed by atoms with Gasteiger partial charge < -0.3 is 15.8 Å². The summed E-state index contributed by atoms with van der Waals surface area (Å²) >= 11 is 0. The van der Waals surface area contributed by atoms with E-state index in [-0.39, 0.29) is 5.78 Å². The Balaban J connectivity index is 3.34. The maximum absolute atomic E-state index is 12.7. The van der Waals surface area contributed by atoms with E-state index in [4.69, 9.17) is 10.5 Å². The predicted octanol–water partition coefficient (Wildman–Crippen LogP) is 1.80. The number of rotatable bonds is 5. The Hall–Kier alpha value is -2.37. The number of nitrogens with two attached hydrogens (primary N) is 1. The molecule has 6 heteroatoms. The van der Waals surface area contributed by atoms with E-state index in [1.165, 1.54) is 7.11 Å². The molecule has 0 aliphatic carbocycles. The van der Waals surface area contributed by atoms with E-state index in [0.717, 1.165) is 0 Å². The summed E-state index contributed by atoms with van der Waals surface area (Å²) in [6, 6.07) is 7.03. The van der Waals surface area contributed by atoms with Crippen LogP contribution in [0.5, 0.6) is 0 Å². The summed E-state index contributed by atoms with van der Waals surface area (Å²) in [5, 5.41) is 2.48. The highest BCUT2D eigenvalue weighted by Crippen LogP contribution is 2.30. The third-order valence-corrected chi connectivity index (χ3v) is 3.27. The van der Waals surface area contributed by atoms with Gasteiger partial charge in [0.2, 0.25) is 0 Å². The van der Waals surface area contributed by atoms with Crippen LogP contribution in [-0.2, 0) is 14.3 Å². The lowest BCUT2D eigenvalue weighted by Crippen LogP contribution is -2.46. The first-order valence-corrected chi connectivity index (χ1v) is 6.91. The number of carbonyl (C=O) groups excluding carboxylic acids is 3.